The number of hydrogen-bond acceptors (Lipinski definition) is 9. The molecule has 3 aliphatic rings. The second kappa shape index (κ2) is 16.7. The Balaban J connectivity index is 0.934. The van der Waals surface area contributed by atoms with E-state index in [-0.39, 0.29) is 36.5 Å². The van der Waals surface area contributed by atoms with Gasteiger partial charge in [0.1, 0.15) is 0 Å². The van der Waals surface area contributed by atoms with E-state index >= 15 is 0 Å². The summed E-state index contributed by atoms with van der Waals surface area (Å²) < 4.78 is 15.7. The van der Waals surface area contributed by atoms with Gasteiger partial charge in [-0.05, 0) is 75.0 Å². The molecule has 1 amide bonds. The lowest BCUT2D eigenvalue weighted by Crippen LogP contribution is -2.49. The van der Waals surface area contributed by atoms with Gasteiger partial charge in [0, 0.05) is 17.5 Å². The summed E-state index contributed by atoms with van der Waals surface area (Å²) in [6, 6.07) is 15.4. The van der Waals surface area contributed by atoms with E-state index in [1.54, 1.807) is 61.5 Å². The fraction of sp³-hybridized carbons (Fsp3) is 0.487. The van der Waals surface area contributed by atoms with Crippen LogP contribution in [0.2, 0.25) is 0 Å². The summed E-state index contributed by atoms with van der Waals surface area (Å²) in [6.45, 7) is 4.41. The monoisotopic (exact) mass is 670 g/mol. The van der Waals surface area contributed by atoms with Crippen LogP contribution in [0.25, 0.3) is 0 Å². The molecule has 2 aromatic rings. The van der Waals surface area contributed by atoms with E-state index in [4.69, 9.17) is 14.2 Å². The fourth-order valence-electron chi connectivity index (χ4n) is 6.34. The smallest absolute Gasteiger partial charge is 0.465 e. The minimum atomic E-state index is -1.05. The van der Waals surface area contributed by atoms with Gasteiger partial charge in [-0.15, -0.1) is 0 Å². The number of carbonyl (C=O) groups is 5. The van der Waals surface area contributed by atoms with Crippen LogP contribution in [0.1, 0.15) is 112 Å². The first-order valence-corrected chi connectivity index (χ1v) is 17.4. The number of nitrogens with one attached hydrogen (secondary N) is 1. The van der Waals surface area contributed by atoms with Crippen LogP contribution in [0.4, 0.5) is 4.79 Å². The van der Waals surface area contributed by atoms with Gasteiger partial charge in [-0.2, -0.15) is 0 Å². The molecule has 1 N–H and O–H groups in total. The number of amides is 1. The van der Waals surface area contributed by atoms with Crippen LogP contribution in [0, 0.1) is 11.3 Å². The van der Waals surface area contributed by atoms with E-state index in [0.29, 0.717) is 35.1 Å². The van der Waals surface area contributed by atoms with Crippen LogP contribution in [-0.2, 0) is 28.6 Å². The molecule has 10 heteroatoms. The van der Waals surface area contributed by atoms with Crippen molar-refractivity contribution in [2.24, 2.45) is 16.3 Å². The Morgan fingerprint density at radius 1 is 0.918 bits per heavy atom. The fourth-order valence-corrected chi connectivity index (χ4v) is 6.34. The minimum Gasteiger partial charge on any atom is -0.465 e. The lowest BCUT2D eigenvalue weighted by Gasteiger charge is -2.32. The molecule has 1 fully saturated rings. The zero-order chi connectivity index (χ0) is 34.8. The number of fused-ring (bicyclic) bond motifs is 1. The third-order valence-corrected chi connectivity index (χ3v) is 9.66. The molecule has 0 radical (unpaired) electrons. The molecule has 1 aliphatic heterocycles. The topological polar surface area (TPSA) is 137 Å². The van der Waals surface area contributed by atoms with Crippen molar-refractivity contribution in [3.05, 3.63) is 82.9 Å². The van der Waals surface area contributed by atoms with E-state index in [1.165, 1.54) is 12.8 Å². The molecule has 10 nitrogen and oxygen atoms in total. The number of esters is 1. The molecule has 2 aliphatic carbocycles. The van der Waals surface area contributed by atoms with E-state index in [2.05, 4.69) is 17.2 Å². The summed E-state index contributed by atoms with van der Waals surface area (Å²) in [5, 5.41) is 2.79. The van der Waals surface area contributed by atoms with Gasteiger partial charge in [0.2, 0.25) is 5.91 Å². The lowest BCUT2D eigenvalue weighted by atomic mass is 9.79. The molecule has 1 saturated carbocycles. The van der Waals surface area contributed by atoms with Gasteiger partial charge in [0.05, 0.1) is 31.1 Å². The predicted octanol–water partition coefficient (Wildman–Crippen LogP) is 7.01. The second-order valence-electron chi connectivity index (χ2n) is 13.7. The quantitative estimate of drug-likeness (QED) is 0.0872. The zero-order valence-electron chi connectivity index (χ0n) is 28.4. The Labute approximate surface area is 287 Å². The Kier molecular flexibility index (Phi) is 12.2. The lowest BCUT2D eigenvalue weighted by molar-refractivity contribution is -0.141. The predicted molar refractivity (Wildman–Crippen MR) is 183 cm³/mol. The number of ketones is 2. The molecule has 3 atom stereocenters. The first kappa shape index (κ1) is 35.7. The number of unbranched alkanes of at least 4 members (excludes halogenated alkanes) is 4. The van der Waals surface area contributed by atoms with Crippen molar-refractivity contribution in [2.45, 2.75) is 96.4 Å². The third-order valence-electron chi connectivity index (χ3n) is 9.66. The highest BCUT2D eigenvalue weighted by Gasteiger charge is 2.41. The van der Waals surface area contributed by atoms with Crippen LogP contribution < -0.4 is 5.32 Å². The summed E-state index contributed by atoms with van der Waals surface area (Å²) in [4.78, 5) is 67.3. The number of nitrogens with zero attached hydrogens (tertiary/aromatic N) is 1. The number of benzene rings is 2. The molecule has 0 bridgehead atoms. The Morgan fingerprint density at radius 3 is 2.39 bits per heavy atom. The van der Waals surface area contributed by atoms with Gasteiger partial charge in [-0.25, -0.2) is 9.79 Å². The van der Waals surface area contributed by atoms with Gasteiger partial charge in [0.25, 0.3) is 6.02 Å². The van der Waals surface area contributed by atoms with Crippen molar-refractivity contribution in [3.8, 4) is 0 Å². The Bertz CT molecular complexity index is 1590. The number of ether oxygens (including phenoxy) is 3. The maximum absolute atomic E-state index is 12.9. The number of aliphatic imine (C=N–C) groups is 1. The average Bonchev–Trinajstić information content (AvgIpc) is 3.83. The highest BCUT2D eigenvalue weighted by molar-refractivity contribution is 6.09. The van der Waals surface area contributed by atoms with Crippen molar-refractivity contribution >= 4 is 35.6 Å². The van der Waals surface area contributed by atoms with Crippen molar-refractivity contribution in [3.63, 3.8) is 0 Å². The molecule has 0 saturated heterocycles. The number of amidine groups is 1. The maximum Gasteiger partial charge on any atom is 0.516 e. The zero-order valence-corrected chi connectivity index (χ0v) is 28.4. The standard InChI is InChI=1S/C39H46N2O8/c1-26(28-15-11-16-30(23-28)34(43)27-13-7-6-8-14-27)36(45)49-38(46)48-22-10-5-3-4-9-21-47-37-40-32-25-31(42)24-29(33(32)35(44)41-37)17-12-18-39(2)19-20-39/h6-8,11,13-16,23-24,26,32-33H,3-5,9-10,12,17-22,25H2,1-2H3,(H,40,41,44). The van der Waals surface area contributed by atoms with Gasteiger partial charge < -0.3 is 14.2 Å². The molecule has 49 heavy (non-hydrogen) atoms. The molecular formula is C39H46N2O8. The normalized spacial score (nSPS) is 19.8. The van der Waals surface area contributed by atoms with E-state index < -0.39 is 30.0 Å². The average molecular weight is 671 g/mol. The first-order valence-electron chi connectivity index (χ1n) is 17.4. The summed E-state index contributed by atoms with van der Waals surface area (Å²) in [5.74, 6) is -2.21. The van der Waals surface area contributed by atoms with Gasteiger partial charge in [0.15, 0.2) is 11.6 Å². The van der Waals surface area contributed by atoms with E-state index in [9.17, 15) is 24.0 Å². The molecule has 5 rings (SSSR count). The van der Waals surface area contributed by atoms with Crippen LogP contribution in [0.3, 0.4) is 0 Å². The van der Waals surface area contributed by atoms with Crippen LogP contribution in [0.5, 0.6) is 0 Å². The van der Waals surface area contributed by atoms with E-state index in [0.717, 1.165) is 50.5 Å². The third kappa shape index (κ3) is 10.2. The number of carbonyl (C=O) groups excluding carboxylic acids is 5. The van der Waals surface area contributed by atoms with Crippen molar-refractivity contribution in [1.82, 2.24) is 5.32 Å². The summed E-state index contributed by atoms with van der Waals surface area (Å²) in [6.07, 6.45) is 10.1. The number of allylic oxidation sites excluding steroid dienone is 1. The van der Waals surface area contributed by atoms with Gasteiger partial charge in [-0.3, -0.25) is 24.5 Å². The van der Waals surface area contributed by atoms with Crippen molar-refractivity contribution < 1.29 is 38.2 Å². The SMILES string of the molecule is CC(C(=O)OC(=O)OCCCCCCCOC1=NC2CC(=O)C=C(CCCC3(C)CC3)C2C(=O)N1)c1cccc(C(=O)c2ccccc2)c1. The largest absolute Gasteiger partial charge is 0.516 e. The highest BCUT2D eigenvalue weighted by atomic mass is 16.7. The molecular weight excluding hydrogens is 624 g/mol. The van der Waals surface area contributed by atoms with Crippen LogP contribution >= 0.6 is 0 Å². The van der Waals surface area contributed by atoms with Crippen molar-refractivity contribution in [1.29, 1.82) is 0 Å². The first-order chi connectivity index (χ1) is 23.6. The highest BCUT2D eigenvalue weighted by Crippen LogP contribution is 2.49. The molecule has 2 aromatic carbocycles. The second-order valence-corrected chi connectivity index (χ2v) is 13.7. The van der Waals surface area contributed by atoms with Gasteiger partial charge >= 0.3 is 12.1 Å². The summed E-state index contributed by atoms with van der Waals surface area (Å²) in [7, 11) is 0. The minimum absolute atomic E-state index is 0.0178. The molecule has 260 valence electrons. The number of rotatable bonds is 16. The number of hydrogen-bond donors (Lipinski definition) is 1. The Hall–Kier alpha value is -4.60. The molecule has 0 spiro atoms. The Morgan fingerprint density at radius 2 is 1.63 bits per heavy atom. The molecule has 3 unspecified atom stereocenters. The molecule has 1 heterocycles. The van der Waals surface area contributed by atoms with Crippen LogP contribution in [0.15, 0.2) is 71.2 Å². The van der Waals surface area contributed by atoms with E-state index in [1.807, 2.05) is 6.07 Å². The molecule has 0 aromatic heterocycles. The van der Waals surface area contributed by atoms with Crippen molar-refractivity contribution in [2.75, 3.05) is 13.2 Å². The summed E-state index contributed by atoms with van der Waals surface area (Å²) >= 11 is 0. The maximum atomic E-state index is 12.9. The van der Waals surface area contributed by atoms with Crippen LogP contribution in [-0.4, -0.2) is 54.9 Å². The summed E-state index contributed by atoms with van der Waals surface area (Å²) in [5.41, 5.74) is 2.88. The van der Waals surface area contributed by atoms with Gasteiger partial charge in [-0.1, -0.05) is 80.3 Å².